The Morgan fingerprint density at radius 1 is 1.33 bits per heavy atom. The first-order valence-electron chi connectivity index (χ1n) is 3.07. The molecule has 0 saturated heterocycles. The van der Waals surface area contributed by atoms with E-state index < -0.39 is 0 Å². The number of nitrogens with one attached hydrogen (secondary N) is 3. The summed E-state index contributed by atoms with van der Waals surface area (Å²) < 4.78 is 0. The number of rotatable bonds is 0. The second kappa shape index (κ2) is 1.77. The smallest absolute Gasteiger partial charge is 0.0497 e. The maximum atomic E-state index is 3.24. The van der Waals surface area contributed by atoms with Crippen LogP contribution in [0.4, 0.5) is 0 Å². The van der Waals surface area contributed by atoms with Crippen LogP contribution in [-0.2, 0) is 0 Å². The van der Waals surface area contributed by atoms with Crippen LogP contribution in [0.1, 0.15) is 0 Å². The average Bonchev–Trinajstić information content (AvgIpc) is 2.33. The highest BCUT2D eigenvalue weighted by Crippen LogP contribution is 2.08. The molecule has 0 amide bonds. The molecule has 0 aromatic carbocycles. The van der Waals surface area contributed by atoms with Crippen molar-refractivity contribution in [1.82, 2.24) is 16.2 Å². The fourth-order valence-electron chi connectivity index (χ4n) is 1.10. The third kappa shape index (κ3) is 0.695. The average molecular weight is 123 g/mol. The van der Waals surface area contributed by atoms with Gasteiger partial charge in [0.15, 0.2) is 0 Å². The van der Waals surface area contributed by atoms with Crippen molar-refractivity contribution in [3.05, 3.63) is 23.5 Å². The third-order valence-corrected chi connectivity index (χ3v) is 1.60. The Morgan fingerprint density at radius 3 is 3.22 bits per heavy atom. The first kappa shape index (κ1) is 4.88. The van der Waals surface area contributed by atoms with Gasteiger partial charge in [-0.05, 0) is 11.6 Å². The van der Waals surface area contributed by atoms with Crippen molar-refractivity contribution in [3.8, 4) is 0 Å². The number of hydrogen-bond acceptors (Lipinski definition) is 3. The molecule has 0 aliphatic carbocycles. The van der Waals surface area contributed by atoms with E-state index in [1.54, 1.807) is 0 Å². The zero-order valence-corrected chi connectivity index (χ0v) is 5.07. The van der Waals surface area contributed by atoms with Gasteiger partial charge in [0.2, 0.25) is 0 Å². The SMILES string of the molecule is C1=CC2=C(CNC2)NN1. The van der Waals surface area contributed by atoms with Crippen LogP contribution < -0.4 is 16.2 Å². The molecule has 0 spiro atoms. The van der Waals surface area contributed by atoms with Gasteiger partial charge in [0.25, 0.3) is 0 Å². The van der Waals surface area contributed by atoms with E-state index in [4.69, 9.17) is 0 Å². The molecular weight excluding hydrogens is 114 g/mol. The summed E-state index contributed by atoms with van der Waals surface area (Å²) in [5.41, 5.74) is 8.63. The summed E-state index contributed by atoms with van der Waals surface area (Å²) in [5.74, 6) is 0. The molecule has 0 atom stereocenters. The van der Waals surface area contributed by atoms with Crippen LogP contribution >= 0.6 is 0 Å². The van der Waals surface area contributed by atoms with Crippen molar-refractivity contribution >= 4 is 0 Å². The van der Waals surface area contributed by atoms with Crippen LogP contribution in [0.15, 0.2) is 23.5 Å². The Labute approximate surface area is 53.8 Å². The molecule has 0 fully saturated rings. The Hall–Kier alpha value is -0.960. The summed E-state index contributed by atoms with van der Waals surface area (Å²) in [6.07, 6.45) is 4.00. The van der Waals surface area contributed by atoms with Gasteiger partial charge in [-0.1, -0.05) is 0 Å². The topological polar surface area (TPSA) is 36.1 Å². The Kier molecular flexibility index (Phi) is 0.960. The number of hydrogen-bond donors (Lipinski definition) is 3. The highest BCUT2D eigenvalue weighted by Gasteiger charge is 2.12. The summed E-state index contributed by atoms with van der Waals surface area (Å²) in [5, 5.41) is 3.24. The van der Waals surface area contributed by atoms with Gasteiger partial charge in [-0.15, -0.1) is 0 Å². The second-order valence-electron chi connectivity index (χ2n) is 2.21. The Balaban J connectivity index is 2.28. The lowest BCUT2D eigenvalue weighted by atomic mass is 10.2. The highest BCUT2D eigenvalue weighted by molar-refractivity contribution is 5.32. The molecule has 0 bridgehead atoms. The van der Waals surface area contributed by atoms with Crippen LogP contribution in [0.3, 0.4) is 0 Å². The lowest BCUT2D eigenvalue weighted by molar-refractivity contribution is 0.696. The van der Waals surface area contributed by atoms with Gasteiger partial charge >= 0.3 is 0 Å². The molecule has 2 aliphatic heterocycles. The monoisotopic (exact) mass is 123 g/mol. The molecule has 0 aromatic rings. The quantitative estimate of drug-likeness (QED) is 0.405. The van der Waals surface area contributed by atoms with Crippen LogP contribution in [0.2, 0.25) is 0 Å². The summed E-state index contributed by atoms with van der Waals surface area (Å²) in [6, 6.07) is 0. The molecule has 2 rings (SSSR count). The van der Waals surface area contributed by atoms with Crippen molar-refractivity contribution in [3.63, 3.8) is 0 Å². The van der Waals surface area contributed by atoms with Crippen LogP contribution in [0.25, 0.3) is 0 Å². The minimum absolute atomic E-state index is 0.965. The predicted octanol–water partition coefficient (Wildman–Crippen LogP) is -0.535. The minimum atomic E-state index is 0.965. The minimum Gasteiger partial charge on any atom is -0.308 e. The first-order valence-corrected chi connectivity index (χ1v) is 3.07. The fourth-order valence-corrected chi connectivity index (χ4v) is 1.10. The largest absolute Gasteiger partial charge is 0.308 e. The van der Waals surface area contributed by atoms with Crippen molar-refractivity contribution in [2.75, 3.05) is 13.1 Å². The van der Waals surface area contributed by atoms with Crippen molar-refractivity contribution in [2.45, 2.75) is 0 Å². The van der Waals surface area contributed by atoms with E-state index in [9.17, 15) is 0 Å². The number of hydrazine groups is 1. The summed E-state index contributed by atoms with van der Waals surface area (Å²) in [4.78, 5) is 0. The highest BCUT2D eigenvalue weighted by atomic mass is 15.4. The standard InChI is InChI=1S/C6H9N3/c1-2-8-9-6-4-7-3-5(1)6/h1-2,7-9H,3-4H2. The maximum Gasteiger partial charge on any atom is 0.0497 e. The molecule has 0 saturated carbocycles. The Bertz CT molecular complexity index is 181. The summed E-state index contributed by atoms with van der Waals surface area (Å²) >= 11 is 0. The Morgan fingerprint density at radius 2 is 2.33 bits per heavy atom. The molecule has 3 N–H and O–H groups in total. The maximum absolute atomic E-state index is 3.24. The van der Waals surface area contributed by atoms with E-state index in [-0.39, 0.29) is 0 Å². The molecule has 9 heavy (non-hydrogen) atoms. The van der Waals surface area contributed by atoms with Crippen molar-refractivity contribution in [2.24, 2.45) is 0 Å². The van der Waals surface area contributed by atoms with Crippen LogP contribution in [-0.4, -0.2) is 13.1 Å². The molecule has 2 heterocycles. The molecule has 0 radical (unpaired) electrons. The molecule has 0 unspecified atom stereocenters. The van der Waals surface area contributed by atoms with Crippen molar-refractivity contribution < 1.29 is 0 Å². The predicted molar refractivity (Wildman–Crippen MR) is 35.3 cm³/mol. The van der Waals surface area contributed by atoms with Crippen molar-refractivity contribution in [1.29, 1.82) is 0 Å². The molecule has 3 heteroatoms. The van der Waals surface area contributed by atoms with Gasteiger partial charge in [0.1, 0.15) is 0 Å². The van der Waals surface area contributed by atoms with E-state index in [0.717, 1.165) is 13.1 Å². The third-order valence-electron chi connectivity index (χ3n) is 1.60. The fraction of sp³-hybridized carbons (Fsp3) is 0.333. The lowest BCUT2D eigenvalue weighted by Crippen LogP contribution is -2.30. The summed E-state index contributed by atoms with van der Waals surface area (Å²) in [7, 11) is 0. The molecule has 3 nitrogen and oxygen atoms in total. The van der Waals surface area contributed by atoms with Gasteiger partial charge in [0.05, 0.1) is 0 Å². The summed E-state index contributed by atoms with van der Waals surface area (Å²) in [6.45, 7) is 1.97. The van der Waals surface area contributed by atoms with E-state index >= 15 is 0 Å². The van der Waals surface area contributed by atoms with Gasteiger partial charge in [-0.2, -0.15) is 0 Å². The van der Waals surface area contributed by atoms with E-state index in [1.165, 1.54) is 11.3 Å². The van der Waals surface area contributed by atoms with E-state index in [2.05, 4.69) is 22.2 Å². The lowest BCUT2D eigenvalue weighted by Gasteiger charge is -2.11. The van der Waals surface area contributed by atoms with Gasteiger partial charge in [-0.25, -0.2) is 0 Å². The van der Waals surface area contributed by atoms with E-state index in [0.29, 0.717) is 0 Å². The van der Waals surface area contributed by atoms with Gasteiger partial charge in [0, 0.05) is 25.0 Å². The molecule has 48 valence electrons. The molecular formula is C6H9N3. The van der Waals surface area contributed by atoms with Crippen LogP contribution in [0, 0.1) is 0 Å². The zero-order chi connectivity index (χ0) is 6.10. The zero-order valence-electron chi connectivity index (χ0n) is 5.07. The van der Waals surface area contributed by atoms with Crippen LogP contribution in [0.5, 0.6) is 0 Å². The van der Waals surface area contributed by atoms with Gasteiger partial charge < -0.3 is 16.2 Å². The first-order chi connectivity index (χ1) is 4.47. The normalized spacial score (nSPS) is 23.1. The molecule has 0 aromatic heterocycles. The van der Waals surface area contributed by atoms with E-state index in [1.807, 2.05) is 6.20 Å². The molecule has 2 aliphatic rings. The second-order valence-corrected chi connectivity index (χ2v) is 2.21. The van der Waals surface area contributed by atoms with Gasteiger partial charge in [-0.3, -0.25) is 0 Å².